The van der Waals surface area contributed by atoms with E-state index < -0.39 is 20.8 Å². The molecule has 0 amide bonds. The fraction of sp³-hybridized carbons (Fsp3) is 0.500. The van der Waals surface area contributed by atoms with Crippen LogP contribution in [0.2, 0.25) is 0 Å². The lowest BCUT2D eigenvalue weighted by Gasteiger charge is -2.36. The van der Waals surface area contributed by atoms with Gasteiger partial charge in [-0.15, -0.1) is 0 Å². The van der Waals surface area contributed by atoms with Crippen molar-refractivity contribution in [1.29, 1.82) is 0 Å². The second-order valence-electron chi connectivity index (χ2n) is 4.53. The van der Waals surface area contributed by atoms with E-state index in [-0.39, 0.29) is 25.4 Å². The Labute approximate surface area is 105 Å². The summed E-state index contributed by atoms with van der Waals surface area (Å²) in [6.45, 7) is 0.0753. The minimum absolute atomic E-state index is 0.00692. The van der Waals surface area contributed by atoms with E-state index in [0.717, 1.165) is 6.26 Å². The number of benzene rings is 1. The second kappa shape index (κ2) is 4.51. The van der Waals surface area contributed by atoms with Crippen LogP contribution < -0.4 is 0 Å². The van der Waals surface area contributed by atoms with Gasteiger partial charge in [-0.1, -0.05) is 12.1 Å². The fourth-order valence-electron chi connectivity index (χ4n) is 2.24. The molecule has 2 atom stereocenters. The number of rotatable bonds is 2. The van der Waals surface area contributed by atoms with Gasteiger partial charge in [-0.25, -0.2) is 12.8 Å². The molecular weight excluding hydrogens is 259 g/mol. The first-order chi connectivity index (χ1) is 8.34. The van der Waals surface area contributed by atoms with Crippen LogP contribution in [0.1, 0.15) is 17.9 Å². The average Bonchev–Trinajstić information content (AvgIpc) is 2.28. The van der Waals surface area contributed by atoms with Gasteiger partial charge in [-0.2, -0.15) is 0 Å². The van der Waals surface area contributed by atoms with Crippen molar-refractivity contribution in [3.05, 3.63) is 29.8 Å². The third-order valence-corrected chi connectivity index (χ3v) is 5.00. The van der Waals surface area contributed by atoms with Crippen molar-refractivity contribution in [3.8, 4) is 5.75 Å². The van der Waals surface area contributed by atoms with Gasteiger partial charge in [0.05, 0.1) is 19.1 Å². The van der Waals surface area contributed by atoms with Gasteiger partial charge in [0.15, 0.2) is 9.84 Å². The number of phenols is 1. The molecule has 6 heteroatoms. The highest BCUT2D eigenvalue weighted by Crippen LogP contribution is 2.42. The summed E-state index contributed by atoms with van der Waals surface area (Å²) in [6.07, 6.45) is 0.709. The molecule has 18 heavy (non-hydrogen) atoms. The standard InChI is InChI=1S/C12H15FO4S/c1-18(15,16)12(13)5-6-17-8-11(12)9-3-2-4-10(14)7-9/h2-4,7,11,14H,5-6,8H2,1H3. The number of ether oxygens (including phenoxy) is 1. The SMILES string of the molecule is CS(=O)(=O)C1(F)CCOCC1c1cccc(O)c1. The van der Waals surface area contributed by atoms with Crippen LogP contribution in [0.3, 0.4) is 0 Å². The quantitative estimate of drug-likeness (QED) is 0.890. The van der Waals surface area contributed by atoms with Crippen LogP contribution in [0.5, 0.6) is 5.75 Å². The molecule has 2 unspecified atom stereocenters. The predicted octanol–water partition coefficient (Wildman–Crippen LogP) is 1.61. The normalized spacial score (nSPS) is 29.1. The Hall–Kier alpha value is -1.14. The van der Waals surface area contributed by atoms with Crippen LogP contribution in [-0.4, -0.2) is 38.0 Å². The van der Waals surface area contributed by atoms with Gasteiger partial charge in [0, 0.05) is 12.7 Å². The Morgan fingerprint density at radius 2 is 2.22 bits per heavy atom. The van der Waals surface area contributed by atoms with Gasteiger partial charge < -0.3 is 9.84 Å². The van der Waals surface area contributed by atoms with E-state index in [9.17, 15) is 17.9 Å². The maximum Gasteiger partial charge on any atom is 0.221 e. The second-order valence-corrected chi connectivity index (χ2v) is 6.75. The number of sulfone groups is 1. The first-order valence-electron chi connectivity index (χ1n) is 5.60. The van der Waals surface area contributed by atoms with E-state index in [2.05, 4.69) is 0 Å². The highest BCUT2D eigenvalue weighted by Gasteiger charge is 2.51. The number of halogens is 1. The van der Waals surface area contributed by atoms with Crippen molar-refractivity contribution in [2.45, 2.75) is 17.3 Å². The highest BCUT2D eigenvalue weighted by molar-refractivity contribution is 7.92. The molecule has 1 aliphatic rings. The van der Waals surface area contributed by atoms with E-state index in [1.165, 1.54) is 12.1 Å². The van der Waals surface area contributed by atoms with Crippen LogP contribution in [0.25, 0.3) is 0 Å². The first kappa shape index (κ1) is 13.3. The number of alkyl halides is 1. The van der Waals surface area contributed by atoms with Gasteiger partial charge in [-0.05, 0) is 17.7 Å². The Morgan fingerprint density at radius 3 is 2.83 bits per heavy atom. The molecule has 4 nitrogen and oxygen atoms in total. The average molecular weight is 274 g/mol. The van der Waals surface area contributed by atoms with Crippen LogP contribution in [0, 0.1) is 0 Å². The summed E-state index contributed by atoms with van der Waals surface area (Å²) in [7, 11) is -3.86. The van der Waals surface area contributed by atoms with Gasteiger partial charge in [0.25, 0.3) is 0 Å². The summed E-state index contributed by atoms with van der Waals surface area (Å²) in [5.41, 5.74) is 0.433. The van der Waals surface area contributed by atoms with Crippen LogP contribution in [-0.2, 0) is 14.6 Å². The predicted molar refractivity (Wildman–Crippen MR) is 65.0 cm³/mol. The molecule has 0 bridgehead atoms. The van der Waals surface area contributed by atoms with Crippen LogP contribution in [0.4, 0.5) is 4.39 Å². The number of hydrogen-bond donors (Lipinski definition) is 1. The molecule has 1 saturated heterocycles. The molecule has 0 aliphatic carbocycles. The molecule has 1 heterocycles. The zero-order chi connectivity index (χ0) is 13.4. The van der Waals surface area contributed by atoms with E-state index >= 15 is 0 Å². The van der Waals surface area contributed by atoms with Crippen LogP contribution >= 0.6 is 0 Å². The van der Waals surface area contributed by atoms with Crippen molar-refractivity contribution in [2.24, 2.45) is 0 Å². The van der Waals surface area contributed by atoms with E-state index in [1.807, 2.05) is 0 Å². The molecular formula is C12H15FO4S. The Kier molecular flexibility index (Phi) is 3.33. The summed E-state index contributed by atoms with van der Waals surface area (Å²) in [6, 6.07) is 5.98. The summed E-state index contributed by atoms with van der Waals surface area (Å²) < 4.78 is 43.4. The molecule has 0 radical (unpaired) electrons. The Bertz CT molecular complexity index is 543. The number of aromatic hydroxyl groups is 1. The highest BCUT2D eigenvalue weighted by atomic mass is 32.2. The number of phenolic OH excluding ortho intramolecular Hbond substituents is 1. The summed E-state index contributed by atoms with van der Waals surface area (Å²) >= 11 is 0. The zero-order valence-electron chi connectivity index (χ0n) is 9.97. The number of hydrogen-bond acceptors (Lipinski definition) is 4. The Morgan fingerprint density at radius 1 is 1.50 bits per heavy atom. The van der Waals surface area contributed by atoms with Crippen molar-refractivity contribution in [3.63, 3.8) is 0 Å². The molecule has 100 valence electrons. The zero-order valence-corrected chi connectivity index (χ0v) is 10.8. The molecule has 1 aromatic carbocycles. The molecule has 0 aromatic heterocycles. The molecule has 0 saturated carbocycles. The van der Waals surface area contributed by atoms with Crippen molar-refractivity contribution < 1.29 is 22.7 Å². The summed E-state index contributed by atoms with van der Waals surface area (Å²) in [4.78, 5) is 0. The molecule has 0 spiro atoms. The van der Waals surface area contributed by atoms with Crippen molar-refractivity contribution in [1.82, 2.24) is 0 Å². The summed E-state index contributed by atoms with van der Waals surface area (Å²) in [5, 5.41) is 7.07. The van der Waals surface area contributed by atoms with E-state index in [0.29, 0.717) is 5.56 Å². The topological polar surface area (TPSA) is 63.6 Å². The molecule has 1 fully saturated rings. The smallest absolute Gasteiger partial charge is 0.221 e. The van der Waals surface area contributed by atoms with E-state index in [4.69, 9.17) is 4.74 Å². The minimum atomic E-state index is -3.86. The minimum Gasteiger partial charge on any atom is -0.508 e. The van der Waals surface area contributed by atoms with Gasteiger partial charge in [-0.3, -0.25) is 0 Å². The maximum absolute atomic E-state index is 14.8. The van der Waals surface area contributed by atoms with Gasteiger partial charge >= 0.3 is 0 Å². The lowest BCUT2D eigenvalue weighted by atomic mass is 9.91. The lowest BCUT2D eigenvalue weighted by molar-refractivity contribution is 0.0119. The lowest BCUT2D eigenvalue weighted by Crippen LogP contribution is -2.45. The fourth-order valence-corrected chi connectivity index (χ4v) is 3.42. The molecule has 2 rings (SSSR count). The van der Waals surface area contributed by atoms with Gasteiger partial charge in [0.1, 0.15) is 5.75 Å². The largest absolute Gasteiger partial charge is 0.508 e. The van der Waals surface area contributed by atoms with Crippen molar-refractivity contribution >= 4 is 9.84 Å². The van der Waals surface area contributed by atoms with E-state index in [1.54, 1.807) is 12.1 Å². The third kappa shape index (κ3) is 2.22. The first-order valence-corrected chi connectivity index (χ1v) is 7.49. The summed E-state index contributed by atoms with van der Waals surface area (Å²) in [5.74, 6) is -0.928. The Balaban J connectivity index is 2.47. The molecule has 1 aliphatic heterocycles. The molecule has 1 aromatic rings. The third-order valence-electron chi connectivity index (χ3n) is 3.28. The van der Waals surface area contributed by atoms with Crippen molar-refractivity contribution in [2.75, 3.05) is 19.5 Å². The van der Waals surface area contributed by atoms with Gasteiger partial charge in [0.2, 0.25) is 5.00 Å². The monoisotopic (exact) mass is 274 g/mol. The maximum atomic E-state index is 14.8. The van der Waals surface area contributed by atoms with Crippen LogP contribution in [0.15, 0.2) is 24.3 Å². The molecule has 1 N–H and O–H groups in total.